The molecule has 0 spiro atoms. The zero-order valence-corrected chi connectivity index (χ0v) is 8.40. The van der Waals surface area contributed by atoms with E-state index in [-0.39, 0.29) is 0 Å². The first kappa shape index (κ1) is 11.2. The fourth-order valence-corrected chi connectivity index (χ4v) is 1.17. The van der Waals surface area contributed by atoms with Gasteiger partial charge in [0.2, 0.25) is 0 Å². The average Bonchev–Trinajstić information content (AvgIpc) is 2.17. The molecule has 0 aromatic heterocycles. The molecule has 0 saturated heterocycles. The molecule has 1 aromatic rings. The summed E-state index contributed by atoms with van der Waals surface area (Å²) in [7, 11) is 0. The molecule has 0 aliphatic carbocycles. The van der Waals surface area contributed by atoms with E-state index < -0.39 is 18.2 Å². The van der Waals surface area contributed by atoms with Crippen LogP contribution in [0.1, 0.15) is 23.7 Å². The predicted molar refractivity (Wildman–Crippen MR) is 54.2 cm³/mol. The van der Waals surface area contributed by atoms with Gasteiger partial charge in [-0.2, -0.15) is 0 Å². The van der Waals surface area contributed by atoms with Crippen LogP contribution >= 0.6 is 0 Å². The van der Waals surface area contributed by atoms with Crippen molar-refractivity contribution in [1.82, 2.24) is 0 Å². The normalized spacial score (nSPS) is 9.67. The fourth-order valence-electron chi connectivity index (χ4n) is 1.17. The van der Waals surface area contributed by atoms with E-state index in [1.54, 1.807) is 24.3 Å². The predicted octanol–water partition coefficient (Wildman–Crippen LogP) is 1.74. The van der Waals surface area contributed by atoms with Crippen molar-refractivity contribution < 1.29 is 19.4 Å². The van der Waals surface area contributed by atoms with Crippen LogP contribution in [0.25, 0.3) is 0 Å². The van der Waals surface area contributed by atoms with E-state index in [2.05, 4.69) is 0 Å². The molecule has 4 nitrogen and oxygen atoms in total. The number of rotatable bonds is 5. The van der Waals surface area contributed by atoms with E-state index in [1.165, 1.54) is 0 Å². The van der Waals surface area contributed by atoms with Crippen LogP contribution in [0.3, 0.4) is 0 Å². The quantitative estimate of drug-likeness (QED) is 0.591. The summed E-state index contributed by atoms with van der Waals surface area (Å²) in [6, 6.07) is 6.52. The first-order valence-electron chi connectivity index (χ1n) is 4.61. The molecule has 80 valence electrons. The molecule has 1 aromatic carbocycles. The zero-order valence-electron chi connectivity index (χ0n) is 8.40. The van der Waals surface area contributed by atoms with Crippen molar-refractivity contribution in [2.45, 2.75) is 13.3 Å². The van der Waals surface area contributed by atoms with Gasteiger partial charge in [0.25, 0.3) is 0 Å². The molecule has 1 N–H and O–H groups in total. The molecule has 0 bridgehead atoms. The smallest absolute Gasteiger partial charge is 0.311 e. The van der Waals surface area contributed by atoms with E-state index in [9.17, 15) is 9.59 Å². The van der Waals surface area contributed by atoms with Crippen molar-refractivity contribution in [2.24, 2.45) is 0 Å². The van der Waals surface area contributed by atoms with E-state index in [1.807, 2.05) is 6.92 Å². The summed E-state index contributed by atoms with van der Waals surface area (Å²) in [6.07, 6.45) is -0.490. The van der Waals surface area contributed by atoms with Crippen LogP contribution in [0.15, 0.2) is 24.3 Å². The Morgan fingerprint density at radius 2 is 2.13 bits per heavy atom. The van der Waals surface area contributed by atoms with Gasteiger partial charge in [0.05, 0.1) is 6.61 Å². The second-order valence-electron chi connectivity index (χ2n) is 2.95. The Hall–Kier alpha value is -1.84. The van der Waals surface area contributed by atoms with Crippen LogP contribution in [0, 0.1) is 0 Å². The topological polar surface area (TPSA) is 63.6 Å². The summed E-state index contributed by atoms with van der Waals surface area (Å²) in [5.41, 5.74) is 0.364. The highest BCUT2D eigenvalue weighted by molar-refractivity contribution is 6.05. The van der Waals surface area contributed by atoms with Crippen LogP contribution in [-0.2, 0) is 4.79 Å². The van der Waals surface area contributed by atoms with Gasteiger partial charge in [-0.15, -0.1) is 0 Å². The van der Waals surface area contributed by atoms with Gasteiger partial charge in [0.1, 0.15) is 12.2 Å². The highest BCUT2D eigenvalue weighted by atomic mass is 16.5. The van der Waals surface area contributed by atoms with Crippen molar-refractivity contribution in [3.63, 3.8) is 0 Å². The lowest BCUT2D eigenvalue weighted by Crippen LogP contribution is -2.07. The van der Waals surface area contributed by atoms with E-state index in [0.29, 0.717) is 17.9 Å². The maximum Gasteiger partial charge on any atom is 0.311 e. The Bertz CT molecular complexity index is 371. The number of hydrogen-bond acceptors (Lipinski definition) is 3. The minimum atomic E-state index is -1.12. The van der Waals surface area contributed by atoms with Crippen molar-refractivity contribution in [3.05, 3.63) is 29.8 Å². The summed E-state index contributed by atoms with van der Waals surface area (Å²) < 4.78 is 5.20. The van der Waals surface area contributed by atoms with Crippen LogP contribution in [-0.4, -0.2) is 23.5 Å². The van der Waals surface area contributed by atoms with Crippen molar-refractivity contribution in [1.29, 1.82) is 0 Å². The standard InChI is InChI=1S/C11H12O4/c1-2-15-9-5-3-4-8(6-9)10(12)7-11(13)14/h3-6H,2,7H2,1H3,(H,13,14). The third-order valence-corrected chi connectivity index (χ3v) is 1.78. The van der Waals surface area contributed by atoms with Crippen LogP contribution in [0.2, 0.25) is 0 Å². The van der Waals surface area contributed by atoms with Crippen molar-refractivity contribution in [3.8, 4) is 5.75 Å². The minimum absolute atomic E-state index is 0.364. The number of aliphatic carboxylic acids is 1. The molecule has 0 heterocycles. The molecular formula is C11H12O4. The molecule has 0 unspecified atom stereocenters. The van der Waals surface area contributed by atoms with Gasteiger partial charge in [-0.3, -0.25) is 9.59 Å². The highest BCUT2D eigenvalue weighted by Crippen LogP contribution is 2.14. The van der Waals surface area contributed by atoms with Crippen LogP contribution in [0.4, 0.5) is 0 Å². The lowest BCUT2D eigenvalue weighted by atomic mass is 10.1. The molecule has 0 aliphatic heterocycles. The summed E-state index contributed by atoms with van der Waals surface area (Å²) in [5.74, 6) is -0.959. The SMILES string of the molecule is CCOc1cccc(C(=O)CC(=O)O)c1. The lowest BCUT2D eigenvalue weighted by molar-refractivity contribution is -0.135. The van der Waals surface area contributed by atoms with Gasteiger partial charge in [0.15, 0.2) is 5.78 Å². The maximum absolute atomic E-state index is 11.4. The largest absolute Gasteiger partial charge is 0.494 e. The summed E-state index contributed by atoms with van der Waals surface area (Å²) >= 11 is 0. The number of carboxylic acid groups (broad SMARTS) is 1. The van der Waals surface area contributed by atoms with Gasteiger partial charge in [-0.25, -0.2) is 0 Å². The molecular weight excluding hydrogens is 196 g/mol. The van der Waals surface area contributed by atoms with E-state index >= 15 is 0 Å². The number of hydrogen-bond donors (Lipinski definition) is 1. The number of benzene rings is 1. The molecule has 1 rings (SSSR count). The Morgan fingerprint density at radius 1 is 1.40 bits per heavy atom. The fraction of sp³-hybridized carbons (Fsp3) is 0.273. The highest BCUT2D eigenvalue weighted by Gasteiger charge is 2.10. The van der Waals surface area contributed by atoms with Crippen molar-refractivity contribution >= 4 is 11.8 Å². The number of carbonyl (C=O) groups excluding carboxylic acids is 1. The molecule has 0 aliphatic rings. The monoisotopic (exact) mass is 208 g/mol. The Morgan fingerprint density at radius 3 is 2.73 bits per heavy atom. The molecule has 0 radical (unpaired) electrons. The lowest BCUT2D eigenvalue weighted by Gasteiger charge is -2.04. The first-order chi connectivity index (χ1) is 7.13. The summed E-state index contributed by atoms with van der Waals surface area (Å²) in [4.78, 5) is 21.7. The molecule has 0 amide bonds. The van der Waals surface area contributed by atoms with Gasteiger partial charge >= 0.3 is 5.97 Å². The summed E-state index contributed by atoms with van der Waals surface area (Å²) in [6.45, 7) is 2.35. The Labute approximate surface area is 87.5 Å². The molecule has 0 atom stereocenters. The van der Waals surface area contributed by atoms with Crippen LogP contribution < -0.4 is 4.74 Å². The zero-order chi connectivity index (χ0) is 11.3. The third-order valence-electron chi connectivity index (χ3n) is 1.78. The minimum Gasteiger partial charge on any atom is -0.494 e. The van der Waals surface area contributed by atoms with E-state index in [4.69, 9.17) is 9.84 Å². The number of ketones is 1. The van der Waals surface area contributed by atoms with Gasteiger partial charge in [0, 0.05) is 5.56 Å². The third kappa shape index (κ3) is 3.42. The number of carboxylic acids is 1. The van der Waals surface area contributed by atoms with Gasteiger partial charge in [-0.05, 0) is 19.1 Å². The second kappa shape index (κ2) is 5.14. The Kier molecular flexibility index (Phi) is 3.85. The average molecular weight is 208 g/mol. The van der Waals surface area contributed by atoms with Crippen LogP contribution in [0.5, 0.6) is 5.75 Å². The number of Topliss-reactive ketones (excluding diaryl/α,β-unsaturated/α-hetero) is 1. The van der Waals surface area contributed by atoms with Crippen molar-refractivity contribution in [2.75, 3.05) is 6.61 Å². The summed E-state index contributed by atoms with van der Waals surface area (Å²) in [5, 5.41) is 8.47. The van der Waals surface area contributed by atoms with Gasteiger partial charge in [-0.1, -0.05) is 12.1 Å². The Balaban J connectivity index is 2.80. The maximum atomic E-state index is 11.4. The number of ether oxygens (including phenoxy) is 1. The molecule has 4 heteroatoms. The van der Waals surface area contributed by atoms with Gasteiger partial charge < -0.3 is 9.84 Å². The van der Waals surface area contributed by atoms with E-state index in [0.717, 1.165) is 0 Å². The second-order valence-corrected chi connectivity index (χ2v) is 2.95. The molecule has 15 heavy (non-hydrogen) atoms. The number of carbonyl (C=O) groups is 2. The first-order valence-corrected chi connectivity index (χ1v) is 4.61. The molecule has 0 saturated carbocycles. The molecule has 0 fully saturated rings.